The number of aromatic nitrogens is 2. The smallest absolute Gasteiger partial charge is 0.327 e. The lowest BCUT2D eigenvalue weighted by atomic mass is 10.3. The van der Waals surface area contributed by atoms with E-state index in [1.165, 1.54) is 11.9 Å². The number of ketones is 1. The molecule has 1 fully saturated rings. The van der Waals surface area contributed by atoms with Crippen LogP contribution in [-0.4, -0.2) is 71.0 Å². The molecule has 3 heterocycles. The third kappa shape index (κ3) is 4.66. The number of carbonyl (C=O) groups excluding carboxylic acids is 2. The molecule has 34 heavy (non-hydrogen) atoms. The predicted molar refractivity (Wildman–Crippen MR) is 115 cm³/mol. The fourth-order valence-corrected chi connectivity index (χ4v) is 3.84. The molecule has 0 bridgehead atoms. The summed E-state index contributed by atoms with van der Waals surface area (Å²) in [6, 6.07) is 0. The number of nitrogens with one attached hydrogen (secondary N) is 1. The number of hydrogen-bond donors (Lipinski definition) is 1. The molecular weight excluding hydrogens is 461 g/mol. The number of Topliss-reactive ketones (excluding diaryl/α,β-unsaturated/α-hetero) is 1. The average molecular weight is 486 g/mol. The predicted octanol–water partition coefficient (Wildman–Crippen LogP) is -0.615. The second-order valence-electron chi connectivity index (χ2n) is 7.69. The van der Waals surface area contributed by atoms with E-state index in [4.69, 9.17) is 4.84 Å². The summed E-state index contributed by atoms with van der Waals surface area (Å²) in [5.74, 6) is 2.25. The topological polar surface area (TPSA) is 109 Å². The monoisotopic (exact) mass is 486 g/mol. The molecule has 2 aliphatic heterocycles. The third-order valence-electron chi connectivity index (χ3n) is 5.53. The summed E-state index contributed by atoms with van der Waals surface area (Å²) in [6.07, 6.45) is -6.40. The Morgan fingerprint density at radius 1 is 1.21 bits per heavy atom. The standard InChI is InChI=1S/C20H25F3N6O5/c1-4-6-9-27-14-15(25(3)19(33)28(16(14)31)12-13(30)5-2)29(34-17(32)20(21,22)23)18(27)26-10-7-24-8-11-26/h18,24H,5,7-12H2,1-3H3. The van der Waals surface area contributed by atoms with E-state index in [9.17, 15) is 32.3 Å². The Bertz CT molecular complexity index is 1140. The Labute approximate surface area is 192 Å². The molecule has 0 amide bonds. The van der Waals surface area contributed by atoms with Crippen LogP contribution in [-0.2, 0) is 28.0 Å². The van der Waals surface area contributed by atoms with Crippen molar-refractivity contribution in [1.29, 1.82) is 0 Å². The summed E-state index contributed by atoms with van der Waals surface area (Å²) in [6.45, 7) is 4.22. The number of alkyl halides is 3. The SMILES string of the molecule is CC#CCN1c2c(n(C)c(=O)n(CC(=O)CC)c2=O)N(OC(=O)C(F)(F)F)C1N1CCNCC1. The van der Waals surface area contributed by atoms with Gasteiger partial charge in [0.05, 0.1) is 13.1 Å². The van der Waals surface area contributed by atoms with Crippen LogP contribution in [0.4, 0.5) is 24.7 Å². The summed E-state index contributed by atoms with van der Waals surface area (Å²) < 4.78 is 41.0. The Hall–Kier alpha value is -3.31. The molecule has 1 aromatic heterocycles. The van der Waals surface area contributed by atoms with Gasteiger partial charge in [-0.1, -0.05) is 12.8 Å². The Morgan fingerprint density at radius 3 is 2.41 bits per heavy atom. The first-order valence-electron chi connectivity index (χ1n) is 10.6. The van der Waals surface area contributed by atoms with Crippen LogP contribution in [0, 0.1) is 11.8 Å². The molecule has 1 aromatic rings. The Balaban J connectivity index is 2.26. The fourth-order valence-electron chi connectivity index (χ4n) is 3.84. The largest absolute Gasteiger partial charge is 0.493 e. The van der Waals surface area contributed by atoms with Crippen LogP contribution >= 0.6 is 0 Å². The molecule has 186 valence electrons. The maximum atomic E-state index is 13.4. The van der Waals surface area contributed by atoms with E-state index >= 15 is 0 Å². The van der Waals surface area contributed by atoms with Crippen molar-refractivity contribution in [2.24, 2.45) is 7.05 Å². The molecule has 1 unspecified atom stereocenters. The van der Waals surface area contributed by atoms with E-state index in [0.29, 0.717) is 31.2 Å². The van der Waals surface area contributed by atoms with Crippen molar-refractivity contribution in [3.63, 3.8) is 0 Å². The van der Waals surface area contributed by atoms with Gasteiger partial charge in [0.25, 0.3) is 5.56 Å². The zero-order valence-corrected chi connectivity index (χ0v) is 18.9. The number of nitrogens with zero attached hydrogens (tertiary/aromatic N) is 5. The van der Waals surface area contributed by atoms with Crippen molar-refractivity contribution in [1.82, 2.24) is 19.4 Å². The van der Waals surface area contributed by atoms with Gasteiger partial charge >= 0.3 is 17.8 Å². The minimum absolute atomic E-state index is 0.0798. The van der Waals surface area contributed by atoms with E-state index in [-0.39, 0.29) is 30.3 Å². The Morgan fingerprint density at radius 2 is 1.85 bits per heavy atom. The van der Waals surface area contributed by atoms with E-state index < -0.39 is 36.2 Å². The van der Waals surface area contributed by atoms with Crippen LogP contribution in [0.25, 0.3) is 0 Å². The first-order chi connectivity index (χ1) is 16.0. The molecule has 1 saturated heterocycles. The average Bonchev–Trinajstić information content (AvgIpc) is 3.12. The van der Waals surface area contributed by atoms with Crippen LogP contribution < -0.4 is 26.5 Å². The zero-order chi connectivity index (χ0) is 25.2. The summed E-state index contributed by atoms with van der Waals surface area (Å²) in [7, 11) is 1.23. The van der Waals surface area contributed by atoms with Crippen LogP contribution in [0.5, 0.6) is 0 Å². The van der Waals surface area contributed by atoms with E-state index in [0.717, 1.165) is 9.13 Å². The van der Waals surface area contributed by atoms with Gasteiger partial charge in [-0.25, -0.2) is 9.59 Å². The molecule has 1 atom stereocenters. The van der Waals surface area contributed by atoms with Crippen molar-refractivity contribution < 1.29 is 27.6 Å². The normalized spacial score (nSPS) is 18.4. The number of rotatable bonds is 6. The molecule has 0 saturated carbocycles. The van der Waals surface area contributed by atoms with Crippen LogP contribution in [0.1, 0.15) is 20.3 Å². The van der Waals surface area contributed by atoms with Gasteiger partial charge in [-0.15, -0.1) is 11.0 Å². The van der Waals surface area contributed by atoms with E-state index in [1.54, 1.807) is 18.7 Å². The van der Waals surface area contributed by atoms with Crippen LogP contribution in [0.15, 0.2) is 9.59 Å². The number of halogens is 3. The minimum Gasteiger partial charge on any atom is -0.327 e. The summed E-state index contributed by atoms with van der Waals surface area (Å²) >= 11 is 0. The quantitative estimate of drug-likeness (QED) is 0.527. The van der Waals surface area contributed by atoms with E-state index in [1.807, 2.05) is 0 Å². The highest BCUT2D eigenvalue weighted by molar-refractivity contribution is 5.81. The molecule has 3 rings (SSSR count). The van der Waals surface area contributed by atoms with Gasteiger partial charge in [0.15, 0.2) is 23.6 Å². The number of fused-ring (bicyclic) bond motifs is 1. The van der Waals surface area contributed by atoms with Crippen LogP contribution in [0.2, 0.25) is 0 Å². The highest BCUT2D eigenvalue weighted by atomic mass is 19.4. The van der Waals surface area contributed by atoms with Crippen molar-refractivity contribution in [2.45, 2.75) is 39.3 Å². The molecule has 1 N–H and O–H groups in total. The van der Waals surface area contributed by atoms with Gasteiger partial charge < -0.3 is 15.1 Å². The number of hydroxylamine groups is 1. The molecule has 2 aliphatic rings. The molecule has 14 heteroatoms. The molecule has 0 radical (unpaired) electrons. The third-order valence-corrected chi connectivity index (χ3v) is 5.53. The first kappa shape index (κ1) is 25.3. The maximum absolute atomic E-state index is 13.4. The van der Waals surface area contributed by atoms with Gasteiger partial charge in [0, 0.05) is 39.6 Å². The van der Waals surface area contributed by atoms with Crippen molar-refractivity contribution in [3.05, 3.63) is 20.8 Å². The zero-order valence-electron chi connectivity index (χ0n) is 18.9. The lowest BCUT2D eigenvalue weighted by Gasteiger charge is -2.40. The number of hydrogen-bond acceptors (Lipinski definition) is 9. The fraction of sp³-hybridized carbons (Fsp3) is 0.600. The van der Waals surface area contributed by atoms with Gasteiger partial charge in [-0.05, 0) is 6.92 Å². The van der Waals surface area contributed by atoms with Crippen molar-refractivity contribution in [2.75, 3.05) is 42.7 Å². The second kappa shape index (κ2) is 9.90. The second-order valence-corrected chi connectivity index (χ2v) is 7.69. The maximum Gasteiger partial charge on any atom is 0.493 e. The molecule has 0 aliphatic carbocycles. The number of carbonyl (C=O) groups is 2. The molecular formula is C20H25F3N6O5. The Kier molecular flexibility index (Phi) is 7.37. The lowest BCUT2D eigenvalue weighted by molar-refractivity contribution is -0.203. The molecule has 0 spiro atoms. The highest BCUT2D eigenvalue weighted by Crippen LogP contribution is 2.38. The van der Waals surface area contributed by atoms with Gasteiger partial charge in [0.2, 0.25) is 0 Å². The molecule has 11 nitrogen and oxygen atoms in total. The van der Waals surface area contributed by atoms with E-state index in [2.05, 4.69) is 17.2 Å². The summed E-state index contributed by atoms with van der Waals surface area (Å²) in [5, 5.41) is 3.75. The lowest BCUT2D eigenvalue weighted by Crippen LogP contribution is -2.61. The molecule has 0 aromatic carbocycles. The minimum atomic E-state index is -5.31. The van der Waals surface area contributed by atoms with Gasteiger partial charge in [0.1, 0.15) is 0 Å². The summed E-state index contributed by atoms with van der Waals surface area (Å²) in [5.41, 5.74) is -2.00. The van der Waals surface area contributed by atoms with Gasteiger partial charge in [-0.3, -0.25) is 23.6 Å². The van der Waals surface area contributed by atoms with Crippen LogP contribution in [0.3, 0.4) is 0 Å². The first-order valence-corrected chi connectivity index (χ1v) is 10.6. The van der Waals surface area contributed by atoms with Crippen molar-refractivity contribution >= 4 is 23.3 Å². The number of piperazine rings is 1. The summed E-state index contributed by atoms with van der Waals surface area (Å²) in [4.78, 5) is 58.0. The number of anilines is 2. The van der Waals surface area contributed by atoms with Gasteiger partial charge in [-0.2, -0.15) is 13.2 Å². The van der Waals surface area contributed by atoms with Crippen molar-refractivity contribution in [3.8, 4) is 11.8 Å². The highest BCUT2D eigenvalue weighted by Gasteiger charge is 2.50.